The maximum Gasteiger partial charge on any atom is 0.250 e. The van der Waals surface area contributed by atoms with Gasteiger partial charge in [-0.05, 0) is 51.2 Å². The molecule has 1 aromatic heterocycles. The predicted octanol–water partition coefficient (Wildman–Crippen LogP) is 1.90. The maximum atomic E-state index is 12.2. The number of rotatable bonds is 5. The van der Waals surface area contributed by atoms with Gasteiger partial charge in [-0.2, -0.15) is 0 Å². The van der Waals surface area contributed by atoms with Crippen LogP contribution in [0.4, 0.5) is 0 Å². The number of thiophene rings is 1. The summed E-state index contributed by atoms with van der Waals surface area (Å²) in [6.07, 6.45) is 2.43. The second kappa shape index (κ2) is 5.28. The zero-order valence-electron chi connectivity index (χ0n) is 10.8. The first-order valence-electron chi connectivity index (χ1n) is 6.19. The third kappa shape index (κ3) is 3.54. The molecule has 1 fully saturated rings. The van der Waals surface area contributed by atoms with Gasteiger partial charge in [0.15, 0.2) is 0 Å². The molecule has 4 nitrogen and oxygen atoms in total. The van der Waals surface area contributed by atoms with E-state index in [1.54, 1.807) is 17.5 Å². The van der Waals surface area contributed by atoms with Crippen LogP contribution in [0.2, 0.25) is 0 Å². The Labute approximate surface area is 113 Å². The SMILES string of the molecule is CC(C)(CN1CCCC1)NS(=O)(=O)c1cccs1. The molecule has 1 aromatic rings. The van der Waals surface area contributed by atoms with Crippen molar-refractivity contribution < 1.29 is 8.42 Å². The predicted molar refractivity (Wildman–Crippen MR) is 74.4 cm³/mol. The fourth-order valence-electron chi connectivity index (χ4n) is 2.36. The molecule has 1 saturated heterocycles. The van der Waals surface area contributed by atoms with Crippen molar-refractivity contribution in [2.45, 2.75) is 36.4 Å². The second-order valence-electron chi connectivity index (χ2n) is 5.40. The van der Waals surface area contributed by atoms with E-state index in [2.05, 4.69) is 9.62 Å². The summed E-state index contributed by atoms with van der Waals surface area (Å²) in [6.45, 7) is 6.79. The van der Waals surface area contributed by atoms with Crippen LogP contribution in [0.15, 0.2) is 21.7 Å². The van der Waals surface area contributed by atoms with Crippen molar-refractivity contribution >= 4 is 21.4 Å². The molecule has 0 amide bonds. The normalized spacial score (nSPS) is 18.3. The summed E-state index contributed by atoms with van der Waals surface area (Å²) < 4.78 is 27.5. The highest BCUT2D eigenvalue weighted by Crippen LogP contribution is 2.19. The number of hydrogen-bond acceptors (Lipinski definition) is 4. The Balaban J connectivity index is 2.02. The van der Waals surface area contributed by atoms with Crippen LogP contribution in [0.1, 0.15) is 26.7 Å². The van der Waals surface area contributed by atoms with Crippen molar-refractivity contribution in [3.05, 3.63) is 17.5 Å². The van der Waals surface area contributed by atoms with Crippen molar-refractivity contribution in [3.8, 4) is 0 Å². The molecular formula is C12H20N2O2S2. The van der Waals surface area contributed by atoms with Crippen LogP contribution >= 0.6 is 11.3 Å². The van der Waals surface area contributed by atoms with Gasteiger partial charge in [0.2, 0.25) is 0 Å². The Morgan fingerprint density at radius 2 is 2.06 bits per heavy atom. The summed E-state index contributed by atoms with van der Waals surface area (Å²) in [5.41, 5.74) is -0.437. The minimum atomic E-state index is -3.37. The average Bonchev–Trinajstić information content (AvgIpc) is 2.84. The highest BCUT2D eigenvalue weighted by Gasteiger charge is 2.29. The van der Waals surface area contributed by atoms with Gasteiger partial charge in [-0.15, -0.1) is 11.3 Å². The van der Waals surface area contributed by atoms with Crippen LogP contribution in [0, 0.1) is 0 Å². The molecule has 2 heterocycles. The van der Waals surface area contributed by atoms with Gasteiger partial charge < -0.3 is 4.90 Å². The third-order valence-corrected chi connectivity index (χ3v) is 6.08. The van der Waals surface area contributed by atoms with Gasteiger partial charge in [0.25, 0.3) is 10.0 Å². The van der Waals surface area contributed by atoms with Gasteiger partial charge in [0.05, 0.1) is 0 Å². The van der Waals surface area contributed by atoms with Crippen LogP contribution in [0.3, 0.4) is 0 Å². The first kappa shape index (κ1) is 14.0. The number of nitrogens with zero attached hydrogens (tertiary/aromatic N) is 1. The van der Waals surface area contributed by atoms with Gasteiger partial charge >= 0.3 is 0 Å². The molecule has 0 spiro atoms. The van der Waals surface area contributed by atoms with Crippen molar-refractivity contribution in [2.24, 2.45) is 0 Å². The minimum Gasteiger partial charge on any atom is -0.301 e. The number of nitrogens with one attached hydrogen (secondary N) is 1. The lowest BCUT2D eigenvalue weighted by molar-refractivity contribution is 0.258. The lowest BCUT2D eigenvalue weighted by Gasteiger charge is -2.30. The summed E-state index contributed by atoms with van der Waals surface area (Å²) in [5.74, 6) is 0. The molecule has 6 heteroatoms. The van der Waals surface area contributed by atoms with E-state index in [9.17, 15) is 8.42 Å². The summed E-state index contributed by atoms with van der Waals surface area (Å²) in [7, 11) is -3.37. The third-order valence-electron chi connectivity index (χ3n) is 2.99. The monoisotopic (exact) mass is 288 g/mol. The van der Waals surface area contributed by atoms with Crippen molar-refractivity contribution in [1.82, 2.24) is 9.62 Å². The van der Waals surface area contributed by atoms with Gasteiger partial charge in [-0.1, -0.05) is 6.07 Å². The number of sulfonamides is 1. The van der Waals surface area contributed by atoms with E-state index in [0.29, 0.717) is 4.21 Å². The van der Waals surface area contributed by atoms with E-state index in [-0.39, 0.29) is 0 Å². The molecular weight excluding hydrogens is 268 g/mol. The molecule has 1 N–H and O–H groups in total. The molecule has 0 atom stereocenters. The Bertz CT molecular complexity index is 474. The zero-order valence-corrected chi connectivity index (χ0v) is 12.5. The van der Waals surface area contributed by atoms with E-state index >= 15 is 0 Å². The van der Waals surface area contributed by atoms with E-state index in [0.717, 1.165) is 19.6 Å². The smallest absolute Gasteiger partial charge is 0.250 e. The quantitative estimate of drug-likeness (QED) is 0.900. The van der Waals surface area contributed by atoms with Crippen LogP contribution in [-0.2, 0) is 10.0 Å². The molecule has 0 unspecified atom stereocenters. The molecule has 0 saturated carbocycles. The molecule has 0 aliphatic carbocycles. The summed E-state index contributed by atoms with van der Waals surface area (Å²) in [6, 6.07) is 3.39. The van der Waals surface area contributed by atoms with E-state index in [1.165, 1.54) is 24.2 Å². The molecule has 2 rings (SSSR count). The first-order chi connectivity index (χ1) is 8.39. The molecule has 1 aliphatic heterocycles. The zero-order chi connectivity index (χ0) is 13.2. The molecule has 18 heavy (non-hydrogen) atoms. The van der Waals surface area contributed by atoms with Crippen molar-refractivity contribution in [1.29, 1.82) is 0 Å². The fraction of sp³-hybridized carbons (Fsp3) is 0.667. The molecule has 1 aliphatic rings. The molecule has 0 radical (unpaired) electrons. The van der Waals surface area contributed by atoms with Crippen molar-refractivity contribution in [2.75, 3.05) is 19.6 Å². The fourth-order valence-corrected chi connectivity index (χ4v) is 4.76. The van der Waals surface area contributed by atoms with Crippen LogP contribution in [0.5, 0.6) is 0 Å². The van der Waals surface area contributed by atoms with Crippen LogP contribution in [0.25, 0.3) is 0 Å². The standard InChI is InChI=1S/C12H20N2O2S2/c1-12(2,10-14-7-3-4-8-14)13-18(15,16)11-6-5-9-17-11/h5-6,9,13H,3-4,7-8,10H2,1-2H3. The van der Waals surface area contributed by atoms with Gasteiger partial charge in [0.1, 0.15) is 4.21 Å². The van der Waals surface area contributed by atoms with Gasteiger partial charge in [-0.3, -0.25) is 0 Å². The van der Waals surface area contributed by atoms with Gasteiger partial charge in [0, 0.05) is 12.1 Å². The Kier molecular flexibility index (Phi) is 4.11. The van der Waals surface area contributed by atoms with Gasteiger partial charge in [-0.25, -0.2) is 13.1 Å². The Hall–Kier alpha value is -0.430. The Morgan fingerprint density at radius 3 is 2.61 bits per heavy atom. The number of likely N-dealkylation sites (tertiary alicyclic amines) is 1. The average molecular weight is 288 g/mol. The second-order valence-corrected chi connectivity index (χ2v) is 8.26. The molecule has 102 valence electrons. The summed E-state index contributed by atoms with van der Waals surface area (Å²) >= 11 is 1.25. The summed E-state index contributed by atoms with van der Waals surface area (Å²) in [5, 5.41) is 1.78. The minimum absolute atomic E-state index is 0.386. The molecule has 0 aromatic carbocycles. The van der Waals surface area contributed by atoms with Crippen LogP contribution in [-0.4, -0.2) is 38.5 Å². The van der Waals surface area contributed by atoms with E-state index < -0.39 is 15.6 Å². The largest absolute Gasteiger partial charge is 0.301 e. The van der Waals surface area contributed by atoms with E-state index in [4.69, 9.17) is 0 Å². The topological polar surface area (TPSA) is 49.4 Å². The van der Waals surface area contributed by atoms with Crippen molar-refractivity contribution in [3.63, 3.8) is 0 Å². The highest BCUT2D eigenvalue weighted by molar-refractivity contribution is 7.91. The van der Waals surface area contributed by atoms with Crippen LogP contribution < -0.4 is 4.72 Å². The maximum absolute atomic E-state index is 12.2. The lowest BCUT2D eigenvalue weighted by Crippen LogP contribution is -2.50. The lowest BCUT2D eigenvalue weighted by atomic mass is 10.1. The van der Waals surface area contributed by atoms with E-state index in [1.807, 2.05) is 13.8 Å². The first-order valence-corrected chi connectivity index (χ1v) is 8.55. The molecule has 0 bridgehead atoms. The highest BCUT2D eigenvalue weighted by atomic mass is 32.2. The Morgan fingerprint density at radius 1 is 1.39 bits per heavy atom. The number of hydrogen-bond donors (Lipinski definition) is 1. The summed E-state index contributed by atoms with van der Waals surface area (Å²) in [4.78, 5) is 2.32.